The normalized spacial score (nSPS) is 27.5. The van der Waals surface area contributed by atoms with Crippen LogP contribution in [0.4, 0.5) is 0 Å². The highest BCUT2D eigenvalue weighted by atomic mass is 16.5. The molecule has 2 aliphatic rings. The van der Waals surface area contributed by atoms with Crippen LogP contribution in [0, 0.1) is 5.92 Å². The van der Waals surface area contributed by atoms with Gasteiger partial charge in [0.2, 0.25) is 0 Å². The maximum absolute atomic E-state index is 5.56. The second kappa shape index (κ2) is 6.75. The molecule has 2 aromatic rings. The molecule has 0 radical (unpaired) electrons. The topological polar surface area (TPSA) is 56.1 Å². The first-order valence-electron chi connectivity index (χ1n) is 9.42. The monoisotopic (exact) mass is 341 g/mol. The minimum Gasteiger partial charge on any atom is -0.494 e. The van der Waals surface area contributed by atoms with Crippen molar-refractivity contribution in [3.63, 3.8) is 0 Å². The molecule has 0 amide bonds. The number of para-hydroxylation sites is 2. The lowest BCUT2D eigenvalue weighted by molar-refractivity contribution is 0.0455. The molecule has 0 spiro atoms. The van der Waals surface area contributed by atoms with Crippen molar-refractivity contribution in [2.24, 2.45) is 5.92 Å². The number of benzene rings is 1. The van der Waals surface area contributed by atoms with Crippen LogP contribution >= 0.6 is 0 Å². The number of rotatable bonds is 4. The zero-order valence-corrected chi connectivity index (χ0v) is 15.2. The molecule has 0 atom stereocenters. The summed E-state index contributed by atoms with van der Waals surface area (Å²) < 4.78 is 7.47. The predicted molar refractivity (Wildman–Crippen MR) is 95.8 cm³/mol. The molecule has 1 aromatic carbocycles. The number of hydrogen-bond donors (Lipinski definition) is 0. The van der Waals surface area contributed by atoms with Gasteiger partial charge in [0.05, 0.1) is 12.6 Å². The van der Waals surface area contributed by atoms with Gasteiger partial charge in [-0.25, -0.2) is 0 Å². The Labute approximate surface area is 149 Å². The van der Waals surface area contributed by atoms with Crippen LogP contribution < -0.4 is 4.74 Å². The van der Waals surface area contributed by atoms with Crippen molar-refractivity contribution in [1.82, 2.24) is 25.1 Å². The summed E-state index contributed by atoms with van der Waals surface area (Å²) in [5, 5.41) is 13.0. The largest absolute Gasteiger partial charge is 0.494 e. The molecule has 6 heteroatoms. The Morgan fingerprint density at radius 2 is 1.84 bits per heavy atom. The minimum atomic E-state index is -0.0483. The number of hydrogen-bond acceptors (Lipinski definition) is 5. The Morgan fingerprint density at radius 3 is 2.56 bits per heavy atom. The molecular weight excluding hydrogens is 314 g/mol. The molecule has 134 valence electrons. The average molecular weight is 341 g/mol. The van der Waals surface area contributed by atoms with E-state index in [9.17, 15) is 0 Å². The molecule has 2 heterocycles. The Balaban J connectivity index is 1.80. The van der Waals surface area contributed by atoms with Crippen LogP contribution in [-0.4, -0.2) is 45.3 Å². The summed E-state index contributed by atoms with van der Waals surface area (Å²) >= 11 is 0. The van der Waals surface area contributed by atoms with E-state index in [0.29, 0.717) is 0 Å². The summed E-state index contributed by atoms with van der Waals surface area (Å²) in [5.74, 6) is 2.56. The van der Waals surface area contributed by atoms with E-state index in [1.54, 1.807) is 7.11 Å². The molecule has 1 saturated carbocycles. The van der Waals surface area contributed by atoms with Crippen molar-refractivity contribution in [1.29, 1.82) is 0 Å². The Morgan fingerprint density at radius 1 is 1.12 bits per heavy atom. The Bertz CT molecular complexity index is 714. The fourth-order valence-corrected chi connectivity index (χ4v) is 4.51. The number of nitrogens with zero attached hydrogens (tertiary/aromatic N) is 5. The predicted octanol–water partition coefficient (Wildman–Crippen LogP) is 3.17. The highest BCUT2D eigenvalue weighted by Gasteiger charge is 2.46. The van der Waals surface area contributed by atoms with Gasteiger partial charge < -0.3 is 4.74 Å². The van der Waals surface area contributed by atoms with Crippen LogP contribution in [0.25, 0.3) is 5.69 Å². The fraction of sp³-hybridized carbons (Fsp3) is 0.632. The molecule has 0 bridgehead atoms. The van der Waals surface area contributed by atoms with E-state index < -0.39 is 0 Å². The average Bonchev–Trinajstić information content (AvgIpc) is 3.35. The number of ether oxygens (including phenoxy) is 1. The number of tetrazole rings is 1. The third-order valence-corrected chi connectivity index (χ3v) is 6.01. The standard InChI is InChI=1S/C19H27N5O/c1-15-9-11-19(12-10-15,23-13-5-6-14-23)18-20-21-22-24(18)16-7-3-4-8-17(16)25-2/h3-4,7-8,15H,5-6,9-14H2,1-2H3. The van der Waals surface area contributed by atoms with E-state index in [1.165, 1.54) is 25.7 Å². The van der Waals surface area contributed by atoms with Crippen molar-refractivity contribution in [2.45, 2.75) is 51.0 Å². The zero-order valence-electron chi connectivity index (χ0n) is 15.2. The maximum atomic E-state index is 5.56. The van der Waals surface area contributed by atoms with Crippen molar-refractivity contribution in [3.05, 3.63) is 30.1 Å². The molecule has 2 fully saturated rings. The first-order chi connectivity index (χ1) is 12.2. The van der Waals surface area contributed by atoms with Crippen LogP contribution in [0.15, 0.2) is 24.3 Å². The van der Waals surface area contributed by atoms with Crippen molar-refractivity contribution >= 4 is 0 Å². The Hall–Kier alpha value is -1.95. The molecule has 4 rings (SSSR count). The quantitative estimate of drug-likeness (QED) is 0.855. The summed E-state index contributed by atoms with van der Waals surface area (Å²) in [6.07, 6.45) is 7.26. The molecule has 1 aliphatic carbocycles. The summed E-state index contributed by atoms with van der Waals surface area (Å²) in [5.41, 5.74) is 0.870. The van der Waals surface area contributed by atoms with Gasteiger partial charge in [0.15, 0.2) is 5.82 Å². The lowest BCUT2D eigenvalue weighted by Gasteiger charge is -2.44. The molecule has 25 heavy (non-hydrogen) atoms. The van der Waals surface area contributed by atoms with Crippen molar-refractivity contribution in [2.75, 3.05) is 20.2 Å². The smallest absolute Gasteiger partial charge is 0.177 e. The lowest BCUT2D eigenvalue weighted by atomic mass is 9.75. The third kappa shape index (κ3) is 2.82. The number of methoxy groups -OCH3 is 1. The van der Waals surface area contributed by atoms with Crippen LogP contribution in [0.2, 0.25) is 0 Å². The van der Waals surface area contributed by atoms with Crippen LogP contribution in [0.1, 0.15) is 51.3 Å². The highest BCUT2D eigenvalue weighted by molar-refractivity contribution is 5.46. The summed E-state index contributed by atoms with van der Waals surface area (Å²) in [6, 6.07) is 7.98. The van der Waals surface area contributed by atoms with Gasteiger partial charge in [-0.3, -0.25) is 4.90 Å². The molecule has 1 aromatic heterocycles. The number of aromatic nitrogens is 4. The van der Waals surface area contributed by atoms with Crippen LogP contribution in [0.5, 0.6) is 5.75 Å². The molecule has 1 saturated heterocycles. The first kappa shape index (κ1) is 16.5. The lowest BCUT2D eigenvalue weighted by Crippen LogP contribution is -2.48. The highest BCUT2D eigenvalue weighted by Crippen LogP contribution is 2.45. The van der Waals surface area contributed by atoms with E-state index in [4.69, 9.17) is 4.74 Å². The summed E-state index contributed by atoms with van der Waals surface area (Å²) in [7, 11) is 1.70. The van der Waals surface area contributed by atoms with Gasteiger partial charge in [-0.15, -0.1) is 5.10 Å². The summed E-state index contributed by atoms with van der Waals surface area (Å²) in [4.78, 5) is 2.64. The number of likely N-dealkylation sites (tertiary alicyclic amines) is 1. The second-order valence-corrected chi connectivity index (χ2v) is 7.49. The van der Waals surface area contributed by atoms with Crippen molar-refractivity contribution in [3.8, 4) is 11.4 Å². The van der Waals surface area contributed by atoms with E-state index in [0.717, 1.165) is 49.1 Å². The van der Waals surface area contributed by atoms with Gasteiger partial charge in [0.25, 0.3) is 0 Å². The van der Waals surface area contributed by atoms with E-state index >= 15 is 0 Å². The summed E-state index contributed by atoms with van der Waals surface area (Å²) in [6.45, 7) is 4.65. The van der Waals surface area contributed by atoms with Gasteiger partial charge in [0, 0.05) is 0 Å². The zero-order chi connectivity index (χ0) is 17.3. The fourth-order valence-electron chi connectivity index (χ4n) is 4.51. The molecule has 1 aliphatic heterocycles. The maximum Gasteiger partial charge on any atom is 0.177 e. The molecular formula is C19H27N5O. The Kier molecular flexibility index (Phi) is 4.46. The van der Waals surface area contributed by atoms with Gasteiger partial charge in [-0.1, -0.05) is 19.1 Å². The van der Waals surface area contributed by atoms with Gasteiger partial charge in [-0.2, -0.15) is 4.68 Å². The van der Waals surface area contributed by atoms with Crippen LogP contribution in [0.3, 0.4) is 0 Å². The van der Waals surface area contributed by atoms with E-state index in [1.807, 2.05) is 28.9 Å². The molecule has 6 nitrogen and oxygen atoms in total. The van der Waals surface area contributed by atoms with Gasteiger partial charge in [0.1, 0.15) is 11.4 Å². The van der Waals surface area contributed by atoms with E-state index in [-0.39, 0.29) is 5.54 Å². The van der Waals surface area contributed by atoms with Crippen LogP contribution in [-0.2, 0) is 5.54 Å². The van der Waals surface area contributed by atoms with Gasteiger partial charge >= 0.3 is 0 Å². The molecule has 0 N–H and O–H groups in total. The molecule has 0 unspecified atom stereocenters. The van der Waals surface area contributed by atoms with Gasteiger partial charge in [-0.05, 0) is 80.1 Å². The van der Waals surface area contributed by atoms with Crippen molar-refractivity contribution < 1.29 is 4.74 Å². The van der Waals surface area contributed by atoms with E-state index in [2.05, 4.69) is 27.3 Å². The minimum absolute atomic E-state index is 0.0483. The SMILES string of the molecule is COc1ccccc1-n1nnnc1C1(N2CCCC2)CCC(C)CC1. The first-order valence-corrected chi connectivity index (χ1v) is 9.42. The second-order valence-electron chi connectivity index (χ2n) is 7.49. The third-order valence-electron chi connectivity index (χ3n) is 6.01.